The van der Waals surface area contributed by atoms with Crippen molar-refractivity contribution in [2.45, 2.75) is 13.1 Å². The van der Waals surface area contributed by atoms with E-state index in [1.54, 1.807) is 24.3 Å². The van der Waals surface area contributed by atoms with Gasteiger partial charge >= 0.3 is 0 Å². The molecule has 0 atom stereocenters. The lowest BCUT2D eigenvalue weighted by molar-refractivity contribution is -0.261. The predicted molar refractivity (Wildman–Crippen MR) is 61.3 cm³/mol. The molecule has 1 aromatic rings. The highest BCUT2D eigenvalue weighted by molar-refractivity contribution is 5.16. The van der Waals surface area contributed by atoms with E-state index in [0.29, 0.717) is 0 Å². The third-order valence-electron chi connectivity index (χ3n) is 2.50. The standard InChI is InChI=1S/C11H19N3O2/c1-9-6-7-10(8-12-9)11(13(2)15-4)14(3)16-5/h6-8,11H,1-5H3. The van der Waals surface area contributed by atoms with Crippen molar-refractivity contribution in [3.8, 4) is 0 Å². The van der Waals surface area contributed by atoms with Crippen LogP contribution in [0.3, 0.4) is 0 Å². The van der Waals surface area contributed by atoms with Gasteiger partial charge in [-0.2, -0.15) is 10.1 Å². The van der Waals surface area contributed by atoms with E-state index in [-0.39, 0.29) is 6.17 Å². The maximum absolute atomic E-state index is 5.20. The van der Waals surface area contributed by atoms with Crippen LogP contribution in [-0.2, 0) is 9.68 Å². The van der Waals surface area contributed by atoms with Crippen molar-refractivity contribution >= 4 is 0 Å². The summed E-state index contributed by atoms with van der Waals surface area (Å²) >= 11 is 0. The number of aromatic nitrogens is 1. The van der Waals surface area contributed by atoms with Gasteiger partial charge in [0.1, 0.15) is 6.17 Å². The van der Waals surface area contributed by atoms with Crippen molar-refractivity contribution < 1.29 is 9.68 Å². The van der Waals surface area contributed by atoms with Gasteiger partial charge < -0.3 is 9.68 Å². The Morgan fingerprint density at radius 3 is 2.06 bits per heavy atom. The first-order valence-corrected chi connectivity index (χ1v) is 5.06. The smallest absolute Gasteiger partial charge is 0.136 e. The second kappa shape index (κ2) is 5.91. The van der Waals surface area contributed by atoms with Gasteiger partial charge in [-0.25, -0.2) is 0 Å². The third kappa shape index (κ3) is 2.99. The second-order valence-corrected chi connectivity index (χ2v) is 3.56. The van der Waals surface area contributed by atoms with Crippen LogP contribution in [0.5, 0.6) is 0 Å². The van der Waals surface area contributed by atoms with E-state index in [1.165, 1.54) is 0 Å². The van der Waals surface area contributed by atoms with Crippen LogP contribution < -0.4 is 0 Å². The first-order valence-electron chi connectivity index (χ1n) is 5.06. The quantitative estimate of drug-likeness (QED) is 0.559. The van der Waals surface area contributed by atoms with Gasteiger partial charge in [-0.3, -0.25) is 4.98 Å². The molecule has 1 rings (SSSR count). The number of hydroxylamine groups is 4. The minimum absolute atomic E-state index is 0.122. The second-order valence-electron chi connectivity index (χ2n) is 3.56. The van der Waals surface area contributed by atoms with Gasteiger partial charge in [0.25, 0.3) is 0 Å². The summed E-state index contributed by atoms with van der Waals surface area (Å²) in [6.07, 6.45) is 1.70. The zero-order chi connectivity index (χ0) is 12.1. The third-order valence-corrected chi connectivity index (χ3v) is 2.50. The maximum atomic E-state index is 5.20. The van der Waals surface area contributed by atoms with Gasteiger partial charge in [0.2, 0.25) is 0 Å². The SMILES string of the molecule is CON(C)C(c1ccc(C)nc1)N(C)OC. The molecule has 0 amide bonds. The van der Waals surface area contributed by atoms with Crippen molar-refractivity contribution in [3.63, 3.8) is 0 Å². The fourth-order valence-electron chi connectivity index (χ4n) is 1.48. The minimum atomic E-state index is -0.122. The number of pyridine rings is 1. The summed E-state index contributed by atoms with van der Waals surface area (Å²) in [5.41, 5.74) is 2.00. The van der Waals surface area contributed by atoms with Crippen LogP contribution in [0.1, 0.15) is 17.4 Å². The molecule has 0 saturated heterocycles. The number of nitrogens with zero attached hydrogens (tertiary/aromatic N) is 3. The molecule has 0 saturated carbocycles. The predicted octanol–water partition coefficient (Wildman–Crippen LogP) is 1.38. The Hall–Kier alpha value is -1.01. The molecule has 0 aliphatic heterocycles. The van der Waals surface area contributed by atoms with Crippen molar-refractivity contribution in [2.75, 3.05) is 28.3 Å². The highest BCUT2D eigenvalue weighted by Gasteiger charge is 2.22. The highest BCUT2D eigenvalue weighted by Crippen LogP contribution is 2.21. The summed E-state index contributed by atoms with van der Waals surface area (Å²) in [7, 11) is 6.94. The Labute approximate surface area is 96.5 Å². The molecule has 1 heterocycles. The molecule has 0 aliphatic rings. The molecule has 0 aliphatic carbocycles. The molecule has 0 N–H and O–H groups in total. The van der Waals surface area contributed by atoms with Crippen molar-refractivity contribution in [2.24, 2.45) is 0 Å². The monoisotopic (exact) mass is 225 g/mol. The molecular formula is C11H19N3O2. The number of hydrogen-bond donors (Lipinski definition) is 0. The van der Waals surface area contributed by atoms with Gasteiger partial charge in [0.05, 0.1) is 14.2 Å². The van der Waals surface area contributed by atoms with Gasteiger partial charge in [0, 0.05) is 31.5 Å². The molecule has 0 unspecified atom stereocenters. The molecule has 0 radical (unpaired) electrons. The summed E-state index contributed by atoms with van der Waals surface area (Å²) in [4.78, 5) is 14.7. The zero-order valence-corrected chi connectivity index (χ0v) is 10.5. The molecule has 90 valence electrons. The molecule has 0 aromatic carbocycles. The Balaban J connectivity index is 2.96. The van der Waals surface area contributed by atoms with Crippen LogP contribution in [0.15, 0.2) is 18.3 Å². The maximum Gasteiger partial charge on any atom is 0.136 e. The highest BCUT2D eigenvalue weighted by atomic mass is 16.7. The number of rotatable bonds is 5. The van der Waals surface area contributed by atoms with Crippen LogP contribution in [0.25, 0.3) is 0 Å². The number of aryl methyl sites for hydroxylation is 1. The van der Waals surface area contributed by atoms with Crippen LogP contribution in [0, 0.1) is 6.92 Å². The fraction of sp³-hybridized carbons (Fsp3) is 0.545. The Bertz CT molecular complexity index is 306. The normalized spacial score (nSPS) is 11.8. The van der Waals surface area contributed by atoms with E-state index in [2.05, 4.69) is 4.98 Å². The van der Waals surface area contributed by atoms with Crippen molar-refractivity contribution in [1.29, 1.82) is 0 Å². The fourth-order valence-corrected chi connectivity index (χ4v) is 1.48. The first-order chi connectivity index (χ1) is 7.60. The van der Waals surface area contributed by atoms with Crippen molar-refractivity contribution in [3.05, 3.63) is 29.6 Å². The molecular weight excluding hydrogens is 206 g/mol. The van der Waals surface area contributed by atoms with E-state index in [4.69, 9.17) is 9.68 Å². The average molecular weight is 225 g/mol. The molecule has 16 heavy (non-hydrogen) atoms. The van der Waals surface area contributed by atoms with Crippen molar-refractivity contribution in [1.82, 2.24) is 15.1 Å². The van der Waals surface area contributed by atoms with Gasteiger partial charge in [-0.05, 0) is 13.0 Å². The summed E-state index contributed by atoms with van der Waals surface area (Å²) in [5.74, 6) is 0. The van der Waals surface area contributed by atoms with Crippen LogP contribution in [0.4, 0.5) is 0 Å². The summed E-state index contributed by atoms with van der Waals surface area (Å²) in [6, 6.07) is 3.98. The van der Waals surface area contributed by atoms with Crippen LogP contribution in [-0.4, -0.2) is 43.4 Å². The summed E-state index contributed by atoms with van der Waals surface area (Å²) in [5, 5.41) is 3.41. The first kappa shape index (κ1) is 13.1. The van der Waals surface area contributed by atoms with E-state index in [0.717, 1.165) is 11.3 Å². The summed E-state index contributed by atoms with van der Waals surface area (Å²) in [6.45, 7) is 1.96. The minimum Gasteiger partial charge on any atom is -0.301 e. The van der Waals surface area contributed by atoms with E-state index in [1.807, 2.05) is 39.3 Å². The van der Waals surface area contributed by atoms with Gasteiger partial charge in [0.15, 0.2) is 0 Å². The summed E-state index contributed by atoms with van der Waals surface area (Å²) < 4.78 is 0. The van der Waals surface area contributed by atoms with Gasteiger partial charge in [-0.15, -0.1) is 0 Å². The number of hydrogen-bond acceptors (Lipinski definition) is 5. The molecule has 5 heteroatoms. The van der Waals surface area contributed by atoms with E-state index >= 15 is 0 Å². The largest absolute Gasteiger partial charge is 0.301 e. The lowest BCUT2D eigenvalue weighted by atomic mass is 10.2. The Kier molecular flexibility index (Phi) is 4.82. The zero-order valence-electron chi connectivity index (χ0n) is 10.5. The molecule has 0 fully saturated rings. The Morgan fingerprint density at radius 1 is 1.12 bits per heavy atom. The molecule has 0 bridgehead atoms. The van der Waals surface area contributed by atoms with Crippen LogP contribution >= 0.6 is 0 Å². The lowest BCUT2D eigenvalue weighted by Crippen LogP contribution is -2.36. The Morgan fingerprint density at radius 2 is 1.69 bits per heavy atom. The van der Waals surface area contributed by atoms with Crippen LogP contribution in [0.2, 0.25) is 0 Å². The average Bonchev–Trinajstić information content (AvgIpc) is 2.31. The topological polar surface area (TPSA) is 37.8 Å². The van der Waals surface area contributed by atoms with E-state index < -0.39 is 0 Å². The van der Waals surface area contributed by atoms with E-state index in [9.17, 15) is 0 Å². The molecule has 0 spiro atoms. The van der Waals surface area contributed by atoms with Gasteiger partial charge in [-0.1, -0.05) is 6.07 Å². The molecule has 5 nitrogen and oxygen atoms in total. The molecule has 1 aromatic heterocycles. The lowest BCUT2D eigenvalue weighted by Gasteiger charge is -2.32.